The molecule has 4 rings (SSSR count). The molecule has 2 fully saturated rings. The Balaban J connectivity index is 1.65. The number of amides is 1. The van der Waals surface area contributed by atoms with Crippen molar-refractivity contribution in [3.8, 4) is 0 Å². The highest BCUT2D eigenvalue weighted by atomic mass is 19.1. The number of hydrogen-bond donors (Lipinski definition) is 4. The number of likely N-dealkylation sites (tertiary alicyclic amines) is 1. The summed E-state index contributed by atoms with van der Waals surface area (Å²) in [5.41, 5.74) is -0.0275. The van der Waals surface area contributed by atoms with Gasteiger partial charge in [-0.05, 0) is 31.9 Å². The van der Waals surface area contributed by atoms with Crippen molar-refractivity contribution in [3.05, 3.63) is 48.0 Å². The van der Waals surface area contributed by atoms with Crippen LogP contribution in [0.3, 0.4) is 0 Å². The predicted molar refractivity (Wildman–Crippen MR) is 118 cm³/mol. The molecule has 2 aromatic rings. The monoisotopic (exact) mass is 478 g/mol. The molecule has 0 spiro atoms. The van der Waals surface area contributed by atoms with Gasteiger partial charge in [-0.3, -0.25) is 9.89 Å². The summed E-state index contributed by atoms with van der Waals surface area (Å²) in [6, 6.07) is -1.50. The number of hydrogen-bond acceptors (Lipinski definition) is 7. The number of allylic oxidation sites excluding steroid dienone is 3. The van der Waals surface area contributed by atoms with Gasteiger partial charge < -0.3 is 20.4 Å². The van der Waals surface area contributed by atoms with Crippen LogP contribution in [0, 0.1) is 0 Å². The number of aromatic nitrogens is 4. The molecule has 3 heterocycles. The lowest BCUT2D eigenvalue weighted by Crippen LogP contribution is -2.37. The molecular weight excluding hydrogens is 453 g/mol. The van der Waals surface area contributed by atoms with Crippen molar-refractivity contribution in [3.63, 3.8) is 0 Å². The second-order valence-electron chi connectivity index (χ2n) is 8.50. The zero-order chi connectivity index (χ0) is 24.6. The first kappa shape index (κ1) is 23.9. The van der Waals surface area contributed by atoms with Gasteiger partial charge in [-0.25, -0.2) is 23.1 Å². The van der Waals surface area contributed by atoms with Crippen LogP contribution in [-0.2, 0) is 0 Å². The van der Waals surface area contributed by atoms with E-state index in [9.17, 15) is 28.2 Å². The van der Waals surface area contributed by atoms with Gasteiger partial charge in [0.05, 0.1) is 42.0 Å². The van der Waals surface area contributed by atoms with Gasteiger partial charge in [0.15, 0.2) is 11.3 Å². The molecule has 9 nitrogen and oxygen atoms in total. The minimum Gasteiger partial charge on any atom is -0.390 e. The van der Waals surface area contributed by atoms with Crippen LogP contribution in [-0.4, -0.2) is 78.2 Å². The SMILES string of the molecule is C=C(/C(F)=C\C=C(/C)F)[C@H]1C[C@H](F)CN1C(=O)c1n[nH]c2ncnc(N[C@@H]3CC[C@@H](O)[C@H]3O)c12. The average molecular weight is 478 g/mol. The maximum Gasteiger partial charge on any atom is 0.275 e. The average Bonchev–Trinajstić information content (AvgIpc) is 3.50. The summed E-state index contributed by atoms with van der Waals surface area (Å²) in [6.45, 7) is 4.50. The van der Waals surface area contributed by atoms with E-state index < -0.39 is 48.0 Å². The van der Waals surface area contributed by atoms with Gasteiger partial charge in [0, 0.05) is 12.0 Å². The number of fused-ring (bicyclic) bond motifs is 1. The lowest BCUT2D eigenvalue weighted by molar-refractivity contribution is 0.0392. The molecule has 5 atom stereocenters. The van der Waals surface area contributed by atoms with Gasteiger partial charge in [0.1, 0.15) is 24.1 Å². The number of rotatable bonds is 6. The number of halogens is 3. The summed E-state index contributed by atoms with van der Waals surface area (Å²) in [7, 11) is 0. The maximum absolute atomic E-state index is 14.5. The normalized spacial score (nSPS) is 28.1. The number of H-pyrrole nitrogens is 1. The fourth-order valence-corrected chi connectivity index (χ4v) is 4.35. The third-order valence-corrected chi connectivity index (χ3v) is 6.14. The Hall–Kier alpha value is -3.25. The number of nitrogens with one attached hydrogen (secondary N) is 2. The molecule has 34 heavy (non-hydrogen) atoms. The Bertz CT molecular complexity index is 1160. The highest BCUT2D eigenvalue weighted by molar-refractivity contribution is 6.08. The van der Waals surface area contributed by atoms with Gasteiger partial charge in [-0.1, -0.05) is 6.58 Å². The standard InChI is InChI=1S/C22H25F3N6O3/c1-10(23)3-4-13(25)11(2)15-7-12(24)8-31(15)22(34)18-17-20(26-9-27-21(17)30-29-18)28-14-5-6-16(32)19(14)33/h3-4,9,12,14-16,19,32-33H,2,5-8H2,1H3,(H2,26,27,28,29,30)/b10-3+,13-4+/t12-,14+,15+,16+,19-/m0/s1. The van der Waals surface area contributed by atoms with Crippen LogP contribution in [0.15, 0.2) is 42.3 Å². The third-order valence-electron chi connectivity index (χ3n) is 6.14. The first-order valence-corrected chi connectivity index (χ1v) is 10.8. The first-order valence-electron chi connectivity index (χ1n) is 10.8. The van der Waals surface area contributed by atoms with Crippen LogP contribution in [0.4, 0.5) is 19.0 Å². The van der Waals surface area contributed by atoms with Gasteiger partial charge in [0.2, 0.25) is 0 Å². The highest BCUT2D eigenvalue weighted by Gasteiger charge is 2.40. The number of carbonyl (C=O) groups is 1. The number of anilines is 1. The quantitative estimate of drug-likeness (QED) is 0.470. The number of aliphatic hydroxyl groups is 2. The van der Waals surface area contributed by atoms with Gasteiger partial charge in [-0.15, -0.1) is 0 Å². The summed E-state index contributed by atoms with van der Waals surface area (Å²) in [5, 5.41) is 29.9. The molecule has 0 aromatic carbocycles. The molecule has 12 heteroatoms. The molecule has 1 saturated heterocycles. The zero-order valence-corrected chi connectivity index (χ0v) is 18.4. The number of aromatic amines is 1. The number of nitrogens with zero attached hydrogens (tertiary/aromatic N) is 4. The molecule has 1 aliphatic heterocycles. The molecule has 182 valence electrons. The van der Waals surface area contributed by atoms with E-state index >= 15 is 0 Å². The smallest absolute Gasteiger partial charge is 0.275 e. The van der Waals surface area contributed by atoms with Crippen molar-refractivity contribution in [2.45, 2.75) is 56.6 Å². The maximum atomic E-state index is 14.5. The van der Waals surface area contributed by atoms with E-state index in [1.165, 1.54) is 6.33 Å². The second kappa shape index (κ2) is 9.55. The van der Waals surface area contributed by atoms with Crippen LogP contribution in [0.1, 0.15) is 36.7 Å². The van der Waals surface area contributed by atoms with E-state index in [1.54, 1.807) is 0 Å². The van der Waals surface area contributed by atoms with Crippen LogP contribution >= 0.6 is 0 Å². The van der Waals surface area contributed by atoms with E-state index in [1.807, 2.05) is 0 Å². The van der Waals surface area contributed by atoms with Crippen LogP contribution in [0.5, 0.6) is 0 Å². The topological polar surface area (TPSA) is 127 Å². The number of alkyl halides is 1. The minimum absolute atomic E-state index is 0.109. The summed E-state index contributed by atoms with van der Waals surface area (Å²) >= 11 is 0. The molecule has 0 bridgehead atoms. The Morgan fingerprint density at radius 1 is 1.29 bits per heavy atom. The number of carbonyl (C=O) groups excluding carboxylic acids is 1. The van der Waals surface area contributed by atoms with E-state index in [2.05, 4.69) is 32.1 Å². The molecule has 1 aliphatic carbocycles. The molecule has 1 saturated carbocycles. The molecule has 2 aromatic heterocycles. The fraction of sp³-hybridized carbons (Fsp3) is 0.455. The Morgan fingerprint density at radius 3 is 2.74 bits per heavy atom. The van der Waals surface area contributed by atoms with Gasteiger partial charge in [0.25, 0.3) is 5.91 Å². The summed E-state index contributed by atoms with van der Waals surface area (Å²) in [4.78, 5) is 22.8. The van der Waals surface area contributed by atoms with E-state index in [4.69, 9.17) is 0 Å². The third kappa shape index (κ3) is 4.55. The minimum atomic E-state index is -1.41. The Labute approximate surface area is 193 Å². The number of aliphatic hydroxyl groups excluding tert-OH is 2. The zero-order valence-electron chi connectivity index (χ0n) is 18.4. The lowest BCUT2D eigenvalue weighted by Gasteiger charge is -2.25. The van der Waals surface area contributed by atoms with E-state index in [0.717, 1.165) is 24.0 Å². The van der Waals surface area contributed by atoms with Crippen LogP contribution < -0.4 is 5.32 Å². The fourth-order valence-electron chi connectivity index (χ4n) is 4.35. The molecular formula is C22H25F3N6O3. The van der Waals surface area contributed by atoms with Gasteiger partial charge >= 0.3 is 0 Å². The Morgan fingerprint density at radius 2 is 2.06 bits per heavy atom. The highest BCUT2D eigenvalue weighted by Crippen LogP contribution is 2.33. The molecule has 0 unspecified atom stereocenters. The van der Waals surface area contributed by atoms with Crippen molar-refractivity contribution in [1.29, 1.82) is 0 Å². The summed E-state index contributed by atoms with van der Waals surface area (Å²) in [5.74, 6) is -1.96. The first-order chi connectivity index (χ1) is 16.2. The van der Waals surface area contributed by atoms with Crippen molar-refractivity contribution < 1.29 is 28.2 Å². The second-order valence-corrected chi connectivity index (χ2v) is 8.50. The summed E-state index contributed by atoms with van der Waals surface area (Å²) < 4.78 is 41.8. The van der Waals surface area contributed by atoms with Crippen molar-refractivity contribution in [1.82, 2.24) is 25.1 Å². The van der Waals surface area contributed by atoms with Crippen molar-refractivity contribution in [2.24, 2.45) is 0 Å². The predicted octanol–water partition coefficient (Wildman–Crippen LogP) is 2.48. The molecule has 2 aliphatic rings. The Kier molecular flexibility index (Phi) is 6.71. The largest absolute Gasteiger partial charge is 0.390 e. The molecule has 0 radical (unpaired) electrons. The van der Waals surface area contributed by atoms with Crippen LogP contribution in [0.25, 0.3) is 11.0 Å². The summed E-state index contributed by atoms with van der Waals surface area (Å²) in [6.07, 6.45) is 0.441. The van der Waals surface area contributed by atoms with E-state index in [-0.39, 0.29) is 41.1 Å². The lowest BCUT2D eigenvalue weighted by atomic mass is 10.0. The molecule has 4 N–H and O–H groups in total. The van der Waals surface area contributed by atoms with E-state index in [0.29, 0.717) is 12.8 Å². The molecule has 1 amide bonds. The van der Waals surface area contributed by atoms with Crippen LogP contribution in [0.2, 0.25) is 0 Å². The van der Waals surface area contributed by atoms with Gasteiger partial charge in [-0.2, -0.15) is 5.10 Å². The van der Waals surface area contributed by atoms with Crippen molar-refractivity contribution in [2.75, 3.05) is 11.9 Å². The van der Waals surface area contributed by atoms with Crippen molar-refractivity contribution >= 4 is 22.8 Å².